The summed E-state index contributed by atoms with van der Waals surface area (Å²) < 4.78 is 5.56. The quantitative estimate of drug-likeness (QED) is 0.762. The molecule has 0 radical (unpaired) electrons. The first-order chi connectivity index (χ1) is 11.8. The number of ether oxygens (including phenoxy) is 1. The predicted molar refractivity (Wildman–Crippen MR) is 95.1 cm³/mol. The maximum absolute atomic E-state index is 10.8. The van der Waals surface area contributed by atoms with Gasteiger partial charge in [-0.1, -0.05) is 25.5 Å². The third-order valence-corrected chi connectivity index (χ3v) is 8.44. The van der Waals surface area contributed by atoms with Crippen molar-refractivity contribution >= 4 is 5.97 Å². The summed E-state index contributed by atoms with van der Waals surface area (Å²) in [5, 5.41) is 19.4. The van der Waals surface area contributed by atoms with Crippen LogP contribution in [0.4, 0.5) is 0 Å². The molecule has 0 spiro atoms. The van der Waals surface area contributed by atoms with Crippen molar-refractivity contribution in [1.29, 1.82) is 0 Å². The topological polar surface area (TPSA) is 66.8 Å². The monoisotopic (exact) mass is 348 g/mol. The fraction of sp³-hybridized carbons (Fsp3) is 0.857. The van der Waals surface area contributed by atoms with Crippen molar-refractivity contribution in [1.82, 2.24) is 0 Å². The molecule has 4 aliphatic rings. The molecule has 3 fully saturated rings. The third-order valence-electron chi connectivity index (χ3n) is 8.44. The van der Waals surface area contributed by atoms with Crippen molar-refractivity contribution in [3.63, 3.8) is 0 Å². The number of allylic oxidation sites excluding steroid dienone is 1. The zero-order valence-corrected chi connectivity index (χ0v) is 15.5. The fourth-order valence-electron chi connectivity index (χ4n) is 6.98. The molecule has 4 heteroatoms. The van der Waals surface area contributed by atoms with Gasteiger partial charge < -0.3 is 14.9 Å². The Morgan fingerprint density at radius 3 is 2.72 bits per heavy atom. The number of carboxylic acid groups (broad SMARTS) is 1. The first-order valence-electron chi connectivity index (χ1n) is 10.1. The number of aliphatic carboxylic acids is 1. The van der Waals surface area contributed by atoms with Crippen LogP contribution in [0.2, 0.25) is 0 Å². The van der Waals surface area contributed by atoms with Crippen LogP contribution in [0, 0.1) is 28.6 Å². The van der Waals surface area contributed by atoms with Crippen molar-refractivity contribution < 1.29 is 19.7 Å². The van der Waals surface area contributed by atoms with Gasteiger partial charge in [-0.2, -0.15) is 0 Å². The molecule has 0 saturated heterocycles. The summed E-state index contributed by atoms with van der Waals surface area (Å²) in [6.45, 7) is 4.57. The Kier molecular flexibility index (Phi) is 4.27. The SMILES string of the molecule is C[C@]12CCC(OCC(=O)O)C=C1CC[C@@H]1[C@H]2CC[C@]2(C)C(O)CC[C@@H]12. The average molecular weight is 348 g/mol. The molecule has 4 nitrogen and oxygen atoms in total. The second-order valence-corrected chi connectivity index (χ2v) is 9.44. The predicted octanol–water partition coefficient (Wildman–Crippen LogP) is 3.78. The van der Waals surface area contributed by atoms with Crippen LogP contribution in [0.5, 0.6) is 0 Å². The lowest BCUT2D eigenvalue weighted by molar-refractivity contribution is -0.144. The van der Waals surface area contributed by atoms with Gasteiger partial charge in [0.25, 0.3) is 0 Å². The smallest absolute Gasteiger partial charge is 0.329 e. The van der Waals surface area contributed by atoms with Crippen LogP contribution in [0.3, 0.4) is 0 Å². The van der Waals surface area contributed by atoms with E-state index in [4.69, 9.17) is 9.84 Å². The molecule has 0 aromatic rings. The van der Waals surface area contributed by atoms with Gasteiger partial charge in [-0.3, -0.25) is 0 Å². The normalized spacial score (nSPS) is 48.9. The lowest BCUT2D eigenvalue weighted by Crippen LogP contribution is -2.51. The van der Waals surface area contributed by atoms with E-state index in [0.717, 1.165) is 43.9 Å². The highest BCUT2D eigenvalue weighted by Crippen LogP contribution is 2.65. The Morgan fingerprint density at radius 2 is 1.96 bits per heavy atom. The maximum atomic E-state index is 10.8. The van der Waals surface area contributed by atoms with Gasteiger partial charge >= 0.3 is 5.97 Å². The molecule has 4 aliphatic carbocycles. The highest BCUT2D eigenvalue weighted by molar-refractivity contribution is 5.68. The van der Waals surface area contributed by atoms with E-state index in [1.165, 1.54) is 24.8 Å². The molecular formula is C21H32O4. The summed E-state index contributed by atoms with van der Waals surface area (Å²) >= 11 is 0. The summed E-state index contributed by atoms with van der Waals surface area (Å²) in [6, 6.07) is 0. The Morgan fingerprint density at radius 1 is 1.16 bits per heavy atom. The van der Waals surface area contributed by atoms with E-state index in [-0.39, 0.29) is 29.6 Å². The standard InChI is InChI=1S/C21H32O4/c1-20-9-7-14(25-12-19(23)24)11-13(20)3-4-15-16-5-6-18(22)21(16,2)10-8-17(15)20/h11,14-18,22H,3-10,12H2,1-2H3,(H,23,24)/t14?,15-,16-,17+,18?,20-,21-/m0/s1. The van der Waals surface area contributed by atoms with E-state index in [9.17, 15) is 9.90 Å². The molecule has 0 aliphatic heterocycles. The molecule has 7 atom stereocenters. The highest BCUT2D eigenvalue weighted by atomic mass is 16.5. The molecule has 2 unspecified atom stereocenters. The van der Waals surface area contributed by atoms with Crippen LogP contribution in [-0.2, 0) is 9.53 Å². The fourth-order valence-corrected chi connectivity index (χ4v) is 6.98. The van der Waals surface area contributed by atoms with E-state index in [0.29, 0.717) is 5.92 Å². The lowest BCUT2D eigenvalue weighted by Gasteiger charge is -2.58. The molecule has 4 rings (SSSR count). The first-order valence-corrected chi connectivity index (χ1v) is 10.1. The summed E-state index contributed by atoms with van der Waals surface area (Å²) in [4.78, 5) is 10.8. The van der Waals surface area contributed by atoms with Gasteiger partial charge in [-0.25, -0.2) is 4.79 Å². The van der Waals surface area contributed by atoms with Gasteiger partial charge in [0.15, 0.2) is 0 Å². The van der Waals surface area contributed by atoms with Gasteiger partial charge in [0.1, 0.15) is 6.61 Å². The zero-order valence-electron chi connectivity index (χ0n) is 15.5. The van der Waals surface area contributed by atoms with Gasteiger partial charge in [0.2, 0.25) is 0 Å². The Labute approximate surface area is 150 Å². The number of carboxylic acids is 1. The van der Waals surface area contributed by atoms with E-state index < -0.39 is 5.97 Å². The Hall–Kier alpha value is -0.870. The maximum Gasteiger partial charge on any atom is 0.329 e. The zero-order chi connectivity index (χ0) is 17.8. The molecule has 0 aromatic heterocycles. The van der Waals surface area contributed by atoms with Crippen LogP contribution in [-0.4, -0.2) is 35.0 Å². The molecule has 2 N–H and O–H groups in total. The molecule has 0 bridgehead atoms. The number of carbonyl (C=O) groups is 1. The number of aliphatic hydroxyl groups excluding tert-OH is 1. The minimum atomic E-state index is -0.887. The van der Waals surface area contributed by atoms with Crippen LogP contribution in [0.15, 0.2) is 11.6 Å². The van der Waals surface area contributed by atoms with Gasteiger partial charge in [0.05, 0.1) is 12.2 Å². The van der Waals surface area contributed by atoms with Crippen molar-refractivity contribution in [3.05, 3.63) is 11.6 Å². The van der Waals surface area contributed by atoms with Gasteiger partial charge in [-0.15, -0.1) is 0 Å². The summed E-state index contributed by atoms with van der Waals surface area (Å²) in [6.07, 6.45) is 11.1. The Bertz CT molecular complexity index is 584. The molecule has 3 saturated carbocycles. The summed E-state index contributed by atoms with van der Waals surface area (Å²) in [7, 11) is 0. The molecular weight excluding hydrogens is 316 g/mol. The lowest BCUT2D eigenvalue weighted by atomic mass is 9.47. The van der Waals surface area contributed by atoms with Crippen LogP contribution in [0.25, 0.3) is 0 Å². The molecule has 140 valence electrons. The number of hydrogen-bond donors (Lipinski definition) is 2. The largest absolute Gasteiger partial charge is 0.480 e. The third kappa shape index (κ3) is 2.68. The number of hydrogen-bond acceptors (Lipinski definition) is 3. The summed E-state index contributed by atoms with van der Waals surface area (Å²) in [5.74, 6) is 1.26. The second-order valence-electron chi connectivity index (χ2n) is 9.44. The number of aliphatic hydroxyl groups is 1. The second kappa shape index (κ2) is 6.09. The van der Waals surface area contributed by atoms with Crippen molar-refractivity contribution in [3.8, 4) is 0 Å². The van der Waals surface area contributed by atoms with Crippen molar-refractivity contribution in [2.45, 2.75) is 77.4 Å². The van der Waals surface area contributed by atoms with Gasteiger partial charge in [-0.05, 0) is 80.0 Å². The summed E-state index contributed by atoms with van der Waals surface area (Å²) in [5.41, 5.74) is 1.90. The molecule has 25 heavy (non-hydrogen) atoms. The van der Waals surface area contributed by atoms with E-state index in [1.807, 2.05) is 0 Å². The van der Waals surface area contributed by atoms with Crippen LogP contribution >= 0.6 is 0 Å². The molecule has 0 heterocycles. The van der Waals surface area contributed by atoms with Crippen molar-refractivity contribution in [2.75, 3.05) is 6.61 Å². The van der Waals surface area contributed by atoms with E-state index in [1.54, 1.807) is 0 Å². The molecule has 0 aromatic carbocycles. The minimum Gasteiger partial charge on any atom is -0.480 e. The first kappa shape index (κ1) is 17.5. The molecule has 0 amide bonds. The van der Waals surface area contributed by atoms with E-state index >= 15 is 0 Å². The van der Waals surface area contributed by atoms with Crippen LogP contribution < -0.4 is 0 Å². The Balaban J connectivity index is 1.55. The van der Waals surface area contributed by atoms with Crippen LogP contribution in [0.1, 0.15) is 65.2 Å². The van der Waals surface area contributed by atoms with Gasteiger partial charge in [0, 0.05) is 0 Å². The van der Waals surface area contributed by atoms with E-state index in [2.05, 4.69) is 19.9 Å². The highest BCUT2D eigenvalue weighted by Gasteiger charge is 2.58. The minimum absolute atomic E-state index is 0.0297. The average Bonchev–Trinajstić information content (AvgIpc) is 2.88. The number of rotatable bonds is 3. The number of fused-ring (bicyclic) bond motifs is 5. The van der Waals surface area contributed by atoms with Crippen molar-refractivity contribution in [2.24, 2.45) is 28.6 Å².